The van der Waals surface area contributed by atoms with Gasteiger partial charge in [-0.3, -0.25) is 4.79 Å². The first-order valence-corrected chi connectivity index (χ1v) is 6.13. The monoisotopic (exact) mass is 214 g/mol. The summed E-state index contributed by atoms with van der Waals surface area (Å²) in [4.78, 5) is 11.8. The lowest BCUT2D eigenvalue weighted by Gasteiger charge is -2.19. The van der Waals surface area contributed by atoms with Gasteiger partial charge in [-0.25, -0.2) is 0 Å². The highest BCUT2D eigenvalue weighted by molar-refractivity contribution is 5.83. The van der Waals surface area contributed by atoms with Crippen LogP contribution in [0.3, 0.4) is 0 Å². The molecule has 0 saturated heterocycles. The number of hydrogen-bond donors (Lipinski definition) is 0. The molecular formula is C13H26O2. The SMILES string of the molecule is CCOC(C(=O)CCCC(C)C)C(C)C. The molecule has 0 aliphatic carbocycles. The number of hydrogen-bond acceptors (Lipinski definition) is 2. The molecule has 15 heavy (non-hydrogen) atoms. The van der Waals surface area contributed by atoms with Crippen LogP contribution in [0, 0.1) is 11.8 Å². The fourth-order valence-corrected chi connectivity index (χ4v) is 1.66. The molecule has 0 aromatic rings. The Hall–Kier alpha value is -0.370. The molecule has 0 N–H and O–H groups in total. The number of carbonyl (C=O) groups is 1. The second-order valence-electron chi connectivity index (χ2n) is 4.87. The van der Waals surface area contributed by atoms with Gasteiger partial charge < -0.3 is 4.74 Å². The van der Waals surface area contributed by atoms with Crippen molar-refractivity contribution in [1.82, 2.24) is 0 Å². The van der Waals surface area contributed by atoms with E-state index in [1.54, 1.807) is 0 Å². The lowest BCUT2D eigenvalue weighted by atomic mass is 9.97. The molecule has 2 nitrogen and oxygen atoms in total. The quantitative estimate of drug-likeness (QED) is 0.618. The van der Waals surface area contributed by atoms with Crippen LogP contribution in [0.15, 0.2) is 0 Å². The van der Waals surface area contributed by atoms with E-state index in [0.717, 1.165) is 12.8 Å². The van der Waals surface area contributed by atoms with E-state index in [0.29, 0.717) is 18.9 Å². The van der Waals surface area contributed by atoms with Crippen LogP contribution in [-0.4, -0.2) is 18.5 Å². The third-order valence-electron chi connectivity index (χ3n) is 2.47. The maximum Gasteiger partial charge on any atom is 0.161 e. The molecule has 0 amide bonds. The van der Waals surface area contributed by atoms with Gasteiger partial charge in [-0.05, 0) is 25.2 Å². The largest absolute Gasteiger partial charge is 0.370 e. The molecule has 0 aromatic heterocycles. The second kappa shape index (κ2) is 7.86. The molecule has 0 spiro atoms. The fourth-order valence-electron chi connectivity index (χ4n) is 1.66. The number of rotatable bonds is 8. The fraction of sp³-hybridized carbons (Fsp3) is 0.923. The Kier molecular flexibility index (Phi) is 7.67. The predicted octanol–water partition coefficient (Wildman–Crippen LogP) is 3.44. The molecule has 0 rings (SSSR count). The van der Waals surface area contributed by atoms with Gasteiger partial charge in [-0.2, -0.15) is 0 Å². The Balaban J connectivity index is 3.92. The molecule has 0 saturated carbocycles. The van der Waals surface area contributed by atoms with Crippen molar-refractivity contribution in [3.63, 3.8) is 0 Å². The summed E-state index contributed by atoms with van der Waals surface area (Å²) in [6.07, 6.45) is 2.60. The first-order valence-electron chi connectivity index (χ1n) is 6.13. The van der Waals surface area contributed by atoms with Crippen LogP contribution in [0.2, 0.25) is 0 Å². The predicted molar refractivity (Wildman–Crippen MR) is 63.9 cm³/mol. The van der Waals surface area contributed by atoms with Crippen LogP contribution >= 0.6 is 0 Å². The summed E-state index contributed by atoms with van der Waals surface area (Å²) in [6, 6.07) is 0. The lowest BCUT2D eigenvalue weighted by molar-refractivity contribution is -0.133. The van der Waals surface area contributed by atoms with Gasteiger partial charge in [0.2, 0.25) is 0 Å². The van der Waals surface area contributed by atoms with E-state index in [-0.39, 0.29) is 17.8 Å². The van der Waals surface area contributed by atoms with E-state index in [2.05, 4.69) is 13.8 Å². The molecule has 90 valence electrons. The van der Waals surface area contributed by atoms with Crippen LogP contribution in [-0.2, 0) is 9.53 Å². The molecule has 0 heterocycles. The van der Waals surface area contributed by atoms with Crippen molar-refractivity contribution < 1.29 is 9.53 Å². The van der Waals surface area contributed by atoms with Crippen molar-refractivity contribution in [3.8, 4) is 0 Å². The smallest absolute Gasteiger partial charge is 0.161 e. The van der Waals surface area contributed by atoms with Crippen LogP contribution in [0.1, 0.15) is 53.9 Å². The zero-order valence-electron chi connectivity index (χ0n) is 10.9. The summed E-state index contributed by atoms with van der Waals surface area (Å²) >= 11 is 0. The Morgan fingerprint density at radius 3 is 2.20 bits per heavy atom. The van der Waals surface area contributed by atoms with Gasteiger partial charge >= 0.3 is 0 Å². The van der Waals surface area contributed by atoms with Crippen LogP contribution in [0.25, 0.3) is 0 Å². The summed E-state index contributed by atoms with van der Waals surface area (Å²) in [5.41, 5.74) is 0. The van der Waals surface area contributed by atoms with Gasteiger partial charge in [0.1, 0.15) is 6.10 Å². The topological polar surface area (TPSA) is 26.3 Å². The summed E-state index contributed by atoms with van der Waals surface area (Å²) in [5.74, 6) is 1.24. The van der Waals surface area contributed by atoms with Crippen molar-refractivity contribution in [1.29, 1.82) is 0 Å². The Morgan fingerprint density at radius 2 is 1.80 bits per heavy atom. The summed E-state index contributed by atoms with van der Waals surface area (Å²) in [5, 5.41) is 0. The first-order chi connectivity index (χ1) is 6.99. The van der Waals surface area contributed by atoms with Gasteiger partial charge in [0.05, 0.1) is 0 Å². The van der Waals surface area contributed by atoms with E-state index < -0.39 is 0 Å². The molecule has 0 aliphatic rings. The highest BCUT2D eigenvalue weighted by atomic mass is 16.5. The lowest BCUT2D eigenvalue weighted by Crippen LogP contribution is -2.29. The zero-order valence-corrected chi connectivity index (χ0v) is 10.9. The highest BCUT2D eigenvalue weighted by Gasteiger charge is 2.21. The molecule has 1 atom stereocenters. The number of ketones is 1. The summed E-state index contributed by atoms with van der Waals surface area (Å²) in [6.45, 7) is 11.0. The van der Waals surface area contributed by atoms with Crippen molar-refractivity contribution in [2.75, 3.05) is 6.61 Å². The van der Waals surface area contributed by atoms with Crippen LogP contribution < -0.4 is 0 Å². The molecule has 0 radical (unpaired) electrons. The van der Waals surface area contributed by atoms with Gasteiger partial charge in [0.15, 0.2) is 5.78 Å². The third-order valence-corrected chi connectivity index (χ3v) is 2.47. The van der Waals surface area contributed by atoms with Crippen LogP contribution in [0.5, 0.6) is 0 Å². The first kappa shape index (κ1) is 14.6. The molecular weight excluding hydrogens is 188 g/mol. The van der Waals surface area contributed by atoms with E-state index in [9.17, 15) is 4.79 Å². The highest BCUT2D eigenvalue weighted by Crippen LogP contribution is 2.13. The van der Waals surface area contributed by atoms with Crippen molar-refractivity contribution in [2.24, 2.45) is 11.8 Å². The summed E-state index contributed by atoms with van der Waals surface area (Å²) in [7, 11) is 0. The number of carbonyl (C=O) groups excluding carboxylic acids is 1. The minimum atomic E-state index is -0.192. The number of ether oxygens (including phenoxy) is 1. The van der Waals surface area contributed by atoms with E-state index >= 15 is 0 Å². The van der Waals surface area contributed by atoms with E-state index in [1.165, 1.54) is 0 Å². The Bertz CT molecular complexity index is 173. The molecule has 1 unspecified atom stereocenters. The Labute approximate surface area is 94.4 Å². The molecule has 0 fully saturated rings. The average molecular weight is 214 g/mol. The maximum atomic E-state index is 11.8. The maximum absolute atomic E-state index is 11.8. The minimum absolute atomic E-state index is 0.192. The van der Waals surface area contributed by atoms with E-state index in [4.69, 9.17) is 4.74 Å². The molecule has 0 aromatic carbocycles. The van der Waals surface area contributed by atoms with Crippen molar-refractivity contribution in [2.45, 2.75) is 60.0 Å². The molecule has 0 aliphatic heterocycles. The molecule has 2 heteroatoms. The van der Waals surface area contributed by atoms with Gasteiger partial charge in [0, 0.05) is 13.0 Å². The number of Topliss-reactive ketones (excluding diaryl/α,β-unsaturated/α-hetero) is 1. The Morgan fingerprint density at radius 1 is 1.20 bits per heavy atom. The van der Waals surface area contributed by atoms with Crippen molar-refractivity contribution >= 4 is 5.78 Å². The molecule has 0 bridgehead atoms. The zero-order chi connectivity index (χ0) is 11.8. The van der Waals surface area contributed by atoms with Crippen LogP contribution in [0.4, 0.5) is 0 Å². The second-order valence-corrected chi connectivity index (χ2v) is 4.87. The van der Waals surface area contributed by atoms with Gasteiger partial charge in [-0.1, -0.05) is 34.1 Å². The van der Waals surface area contributed by atoms with Gasteiger partial charge in [0.25, 0.3) is 0 Å². The third kappa shape index (κ3) is 6.67. The summed E-state index contributed by atoms with van der Waals surface area (Å²) < 4.78 is 5.47. The van der Waals surface area contributed by atoms with Gasteiger partial charge in [-0.15, -0.1) is 0 Å². The normalized spacial score (nSPS) is 13.5. The van der Waals surface area contributed by atoms with E-state index in [1.807, 2.05) is 20.8 Å². The van der Waals surface area contributed by atoms with Crippen molar-refractivity contribution in [3.05, 3.63) is 0 Å². The standard InChI is InChI=1S/C13H26O2/c1-6-15-13(11(4)5)12(14)9-7-8-10(2)3/h10-11,13H,6-9H2,1-5H3. The average Bonchev–Trinajstić information content (AvgIpc) is 2.12. The minimum Gasteiger partial charge on any atom is -0.370 e.